The molecule has 0 amide bonds. The van der Waals surface area contributed by atoms with Gasteiger partial charge in [0.25, 0.3) is 0 Å². The maximum atomic E-state index is 12.8. The summed E-state index contributed by atoms with van der Waals surface area (Å²) in [7, 11) is 4.54. The Bertz CT molecular complexity index is 2210. The summed E-state index contributed by atoms with van der Waals surface area (Å²) in [4.78, 5) is 12.4. The predicted molar refractivity (Wildman–Crippen MR) is 293 cm³/mol. The van der Waals surface area contributed by atoms with Crippen molar-refractivity contribution in [3.8, 4) is 0 Å². The van der Waals surface area contributed by atoms with Crippen molar-refractivity contribution in [2.24, 2.45) is 28.6 Å². The lowest BCUT2D eigenvalue weighted by Gasteiger charge is -2.59. The van der Waals surface area contributed by atoms with Crippen LogP contribution >= 0.6 is 0 Å². The normalized spacial score (nSPS) is 54.8. The molecule has 84 heavy (non-hydrogen) atoms. The second kappa shape index (κ2) is 25.5. The van der Waals surface area contributed by atoms with Crippen molar-refractivity contribution < 1.29 is 111 Å². The number of hydrogen-bond acceptors (Lipinski definition) is 23. The fraction of sp³-hybridized carbons (Fsp3) is 0.967. The first-order valence-electron chi connectivity index (χ1n) is 31.5. The highest BCUT2D eigenvalue weighted by atomic mass is 17.2. The van der Waals surface area contributed by atoms with Gasteiger partial charge in [-0.1, -0.05) is 25.5 Å². The van der Waals surface area contributed by atoms with Crippen molar-refractivity contribution >= 4 is 0 Å². The minimum absolute atomic E-state index is 0.0303. The molecule has 33 atom stereocenters. The Hall–Kier alpha value is -1.18. The second-order valence-electron chi connectivity index (χ2n) is 27.3. The van der Waals surface area contributed by atoms with Crippen LogP contribution in [0, 0.1) is 28.6 Å². The average Bonchev–Trinajstić information content (AvgIpc) is 2.67. The van der Waals surface area contributed by atoms with Crippen LogP contribution < -0.4 is 0 Å². The Morgan fingerprint density at radius 2 is 1.20 bits per heavy atom. The Morgan fingerprint density at radius 1 is 0.595 bits per heavy atom. The molecule has 3 saturated carbocycles. The smallest absolute Gasteiger partial charge is 0.228 e. The third-order valence-electron chi connectivity index (χ3n) is 22.3. The van der Waals surface area contributed by atoms with Crippen molar-refractivity contribution in [2.75, 3.05) is 27.9 Å². The minimum atomic E-state index is -1.35. The Morgan fingerprint density at radius 3 is 1.85 bits per heavy atom. The summed E-state index contributed by atoms with van der Waals surface area (Å²) >= 11 is 0. The van der Waals surface area contributed by atoms with E-state index in [4.69, 9.17) is 80.8 Å². The van der Waals surface area contributed by atoms with Crippen molar-refractivity contribution in [1.82, 2.24) is 0 Å². The molecular weight excluding hydrogens is 1100 g/mol. The molecule has 0 aromatic heterocycles. The summed E-state index contributed by atoms with van der Waals surface area (Å²) in [6.07, 6.45) is -8.44. The van der Waals surface area contributed by atoms with Crippen LogP contribution in [-0.2, 0) is 80.8 Å². The highest BCUT2D eigenvalue weighted by Crippen LogP contribution is 2.68. The van der Waals surface area contributed by atoms with E-state index in [1.54, 1.807) is 34.8 Å². The fourth-order valence-electron chi connectivity index (χ4n) is 17.4. The van der Waals surface area contributed by atoms with Crippen LogP contribution in [0.1, 0.15) is 146 Å². The summed E-state index contributed by atoms with van der Waals surface area (Å²) < 4.78 is 93.8. The molecule has 1 spiro atoms. The highest BCUT2D eigenvalue weighted by molar-refractivity contribution is 5.26. The van der Waals surface area contributed by atoms with Gasteiger partial charge < -0.3 is 102 Å². The number of fused-ring (bicyclic) bond motifs is 6. The molecule has 23 heteroatoms. The standard InChI is InChI=1S/C61H100O23/c1-28-49(65)56(70-12)50(66)57(76-28)81-53-31(4)74-48(24-42(53)68-10)79-52-30(3)72-45(22-40(52)63)78-51-29(2)73-46(23-41(51)64)80-54-33(6)82-60(26-44(54)69-11)27-71-43-25-47(75-32(5)55(43)83-84-60)77-34(7)61(67)20-17-39-37-14-13-35-21-36(62)15-18-58(35,8)38(37)16-19-59(39,61)9/h13,28-34,36-57,62-67H,14-27H2,1-12H3/t28-,29-,30-,31-,32-,33-,34-,36+,37-,38+,39+,40-,41+,42+,43-,44-,45+,46+,47+,48+,49+,50-,51-,52-,53-,54-,55-,56+,57+,58+,59+,60+,61+/m1/s1. The van der Waals surface area contributed by atoms with Crippen LogP contribution in [-0.4, -0.2) is 230 Å². The largest absolute Gasteiger partial charge is 0.393 e. The molecule has 0 bridgehead atoms. The first kappa shape index (κ1) is 64.4. The molecule has 4 aliphatic carbocycles. The summed E-state index contributed by atoms with van der Waals surface area (Å²) in [5, 5.41) is 67.7. The van der Waals surface area contributed by atoms with Gasteiger partial charge >= 0.3 is 0 Å². The van der Waals surface area contributed by atoms with E-state index in [1.807, 2.05) is 20.8 Å². The van der Waals surface area contributed by atoms with Crippen LogP contribution in [0.2, 0.25) is 0 Å². The van der Waals surface area contributed by atoms with E-state index in [1.165, 1.54) is 19.8 Å². The zero-order valence-corrected chi connectivity index (χ0v) is 51.3. The molecule has 7 aliphatic heterocycles. The molecule has 7 heterocycles. The Kier molecular flexibility index (Phi) is 19.5. The lowest BCUT2D eigenvalue weighted by Crippen LogP contribution is -2.61. The molecule has 7 saturated heterocycles. The van der Waals surface area contributed by atoms with Gasteiger partial charge in [0.1, 0.15) is 55.4 Å². The van der Waals surface area contributed by atoms with Gasteiger partial charge in [-0.3, -0.25) is 0 Å². The van der Waals surface area contributed by atoms with Gasteiger partial charge in [0.15, 0.2) is 31.5 Å². The monoisotopic (exact) mass is 1200 g/mol. The lowest BCUT2D eigenvalue weighted by molar-refractivity contribution is -0.472. The van der Waals surface area contributed by atoms with Gasteiger partial charge in [-0.25, -0.2) is 4.89 Å². The zero-order valence-electron chi connectivity index (χ0n) is 51.3. The SMILES string of the molecule is CO[C@H]1[C@@H](O)[C@@H](C)O[C@@H](O[C@H]2[C@@H](OC)C[C@H](O[C@H]3[C@H](O)C[C@H](O[C@H]4[C@@H](O)C[C@H](O[C@@H]5[C@@H](C)O[C@@]6(CO[C@@H]7C[C@H](O[C@H](C)[C@@]8(O)CC[C@H]9[C@@H]%10CC=C%11C[C@@H](O)CC[C@]%11(C)[C@H]%10CC[C@@]98C)O[C@H](C)[C@H]7OO6)C[C@H]5OC)O[C@@H]4C)O[C@@H]3C)O[C@@H]2C)[C@@H]1O. The first-order chi connectivity index (χ1) is 39.9. The van der Waals surface area contributed by atoms with E-state index < -0.39 is 165 Å². The van der Waals surface area contributed by atoms with Crippen molar-refractivity contribution in [3.63, 3.8) is 0 Å². The maximum absolute atomic E-state index is 12.8. The predicted octanol–water partition coefficient (Wildman–Crippen LogP) is 3.98. The van der Waals surface area contributed by atoms with Gasteiger partial charge in [0.05, 0.1) is 85.0 Å². The van der Waals surface area contributed by atoms with E-state index in [0.717, 1.165) is 44.9 Å². The van der Waals surface area contributed by atoms with Gasteiger partial charge in [-0.15, -0.1) is 0 Å². The summed E-state index contributed by atoms with van der Waals surface area (Å²) in [6, 6.07) is 0. The Labute approximate surface area is 495 Å². The van der Waals surface area contributed by atoms with Crippen molar-refractivity contribution in [1.29, 1.82) is 0 Å². The van der Waals surface area contributed by atoms with E-state index in [0.29, 0.717) is 30.6 Å². The van der Waals surface area contributed by atoms with E-state index in [9.17, 15) is 30.6 Å². The van der Waals surface area contributed by atoms with Crippen LogP contribution in [0.4, 0.5) is 0 Å². The van der Waals surface area contributed by atoms with E-state index in [2.05, 4.69) is 19.9 Å². The quantitative estimate of drug-likeness (QED) is 0.106. The van der Waals surface area contributed by atoms with Crippen LogP contribution in [0.25, 0.3) is 0 Å². The highest BCUT2D eigenvalue weighted by Gasteiger charge is 2.66. The number of aliphatic hydroxyl groups is 6. The van der Waals surface area contributed by atoms with Crippen LogP contribution in [0.15, 0.2) is 11.6 Å². The number of ether oxygens (including phenoxy) is 15. The van der Waals surface area contributed by atoms with Gasteiger partial charge in [-0.05, 0) is 123 Å². The molecule has 0 aromatic carbocycles. The molecule has 10 fully saturated rings. The fourth-order valence-corrected chi connectivity index (χ4v) is 17.4. The van der Waals surface area contributed by atoms with Gasteiger partial charge in [0.2, 0.25) is 5.79 Å². The maximum Gasteiger partial charge on any atom is 0.228 e. The zero-order chi connectivity index (χ0) is 59.9. The average molecular weight is 1200 g/mol. The summed E-state index contributed by atoms with van der Waals surface area (Å²) in [5.74, 6) is 0.0831. The van der Waals surface area contributed by atoms with Crippen molar-refractivity contribution in [2.45, 2.75) is 317 Å². The van der Waals surface area contributed by atoms with Gasteiger partial charge in [-0.2, -0.15) is 4.89 Å². The molecule has 11 aliphatic rings. The summed E-state index contributed by atoms with van der Waals surface area (Å²) in [5.41, 5.74) is 0.214. The number of hydrogen-bond donors (Lipinski definition) is 6. The molecule has 0 radical (unpaired) electrons. The molecule has 482 valence electrons. The molecule has 0 unspecified atom stereocenters. The number of methoxy groups -OCH3 is 3. The Balaban J connectivity index is 0.638. The number of aliphatic hydroxyl groups excluding tert-OH is 5. The topological polar surface area (TPSA) is 278 Å². The van der Waals surface area contributed by atoms with E-state index >= 15 is 0 Å². The third kappa shape index (κ3) is 12.0. The molecular formula is C61H100O23. The molecule has 0 aromatic rings. The van der Waals surface area contributed by atoms with E-state index in [-0.39, 0.29) is 49.2 Å². The first-order valence-corrected chi connectivity index (χ1v) is 31.5. The lowest BCUT2D eigenvalue weighted by atomic mass is 9.46. The summed E-state index contributed by atoms with van der Waals surface area (Å²) in [6.45, 7) is 17.5. The third-order valence-corrected chi connectivity index (χ3v) is 22.3. The second-order valence-corrected chi connectivity index (χ2v) is 27.3. The molecule has 6 N–H and O–H groups in total. The number of allylic oxidation sites excluding steroid dienone is 1. The van der Waals surface area contributed by atoms with Crippen molar-refractivity contribution in [3.05, 3.63) is 11.6 Å². The molecule has 11 rings (SSSR count). The van der Waals surface area contributed by atoms with Gasteiger partial charge in [0, 0.05) is 58.8 Å². The van der Waals surface area contributed by atoms with Crippen LogP contribution in [0.3, 0.4) is 0 Å². The van der Waals surface area contributed by atoms with Crippen LogP contribution in [0.5, 0.6) is 0 Å². The number of rotatable bonds is 14. The minimum Gasteiger partial charge on any atom is -0.393 e. The molecule has 23 nitrogen and oxygen atoms in total.